The van der Waals surface area contributed by atoms with Crippen molar-refractivity contribution in [2.45, 2.75) is 6.04 Å². The second-order valence-electron chi connectivity index (χ2n) is 2.68. The molecule has 1 heterocycles. The third-order valence-electron chi connectivity index (χ3n) is 1.66. The van der Waals surface area contributed by atoms with E-state index in [1.165, 1.54) is 18.4 Å². The molecular formula is C8H8BrNO3S. The molecule has 0 saturated carbocycles. The molecule has 1 atom stereocenters. The summed E-state index contributed by atoms with van der Waals surface area (Å²) < 4.78 is 0.822. The van der Waals surface area contributed by atoms with Crippen molar-refractivity contribution in [2.75, 3.05) is 7.05 Å². The molecule has 0 radical (unpaired) electrons. The predicted octanol–water partition coefficient (Wildman–Crippen LogP) is 1.72. The summed E-state index contributed by atoms with van der Waals surface area (Å²) in [6, 6.07) is 0.799. The lowest BCUT2D eigenvalue weighted by Gasteiger charge is -2.18. The zero-order valence-corrected chi connectivity index (χ0v) is 9.71. The summed E-state index contributed by atoms with van der Waals surface area (Å²) in [7, 11) is 1.44. The monoisotopic (exact) mass is 277 g/mol. The SMILES string of the molecule is CN(C=O)C(C(=O)O)c1cc(Br)cs1. The Bertz CT molecular complexity index is 352. The van der Waals surface area contributed by atoms with E-state index in [0.717, 1.165) is 9.37 Å². The Kier molecular flexibility index (Phi) is 3.65. The van der Waals surface area contributed by atoms with Crippen LogP contribution in [0.5, 0.6) is 0 Å². The van der Waals surface area contributed by atoms with Gasteiger partial charge in [0.25, 0.3) is 0 Å². The molecule has 1 aromatic heterocycles. The average Bonchev–Trinajstić information content (AvgIpc) is 2.51. The van der Waals surface area contributed by atoms with Crippen LogP contribution in [0, 0.1) is 0 Å². The highest BCUT2D eigenvalue weighted by Gasteiger charge is 2.25. The molecule has 1 rings (SSSR count). The number of rotatable bonds is 4. The van der Waals surface area contributed by atoms with Crippen molar-refractivity contribution in [3.8, 4) is 0 Å². The number of thiophene rings is 1. The van der Waals surface area contributed by atoms with E-state index in [0.29, 0.717) is 11.3 Å². The summed E-state index contributed by atoms with van der Waals surface area (Å²) in [5.41, 5.74) is 0. The summed E-state index contributed by atoms with van der Waals surface area (Å²) in [6.45, 7) is 0. The fourth-order valence-electron chi connectivity index (χ4n) is 1.03. The zero-order valence-electron chi connectivity index (χ0n) is 7.31. The normalized spacial score (nSPS) is 12.1. The largest absolute Gasteiger partial charge is 0.479 e. The molecule has 0 saturated heterocycles. The summed E-state index contributed by atoms with van der Waals surface area (Å²) >= 11 is 4.53. The lowest BCUT2D eigenvalue weighted by molar-refractivity contribution is -0.145. The van der Waals surface area contributed by atoms with Crippen molar-refractivity contribution in [3.63, 3.8) is 0 Å². The van der Waals surface area contributed by atoms with Crippen LogP contribution in [0.4, 0.5) is 0 Å². The van der Waals surface area contributed by atoms with Gasteiger partial charge in [0, 0.05) is 21.8 Å². The summed E-state index contributed by atoms with van der Waals surface area (Å²) in [6.07, 6.45) is 0.506. The molecule has 0 spiro atoms. The number of carbonyl (C=O) groups is 2. The van der Waals surface area contributed by atoms with Gasteiger partial charge in [0.1, 0.15) is 0 Å². The van der Waals surface area contributed by atoms with Crippen LogP contribution in [0.25, 0.3) is 0 Å². The van der Waals surface area contributed by atoms with Crippen LogP contribution in [-0.2, 0) is 9.59 Å². The Morgan fingerprint density at radius 2 is 2.43 bits per heavy atom. The topological polar surface area (TPSA) is 57.6 Å². The predicted molar refractivity (Wildman–Crippen MR) is 56.2 cm³/mol. The maximum absolute atomic E-state index is 10.9. The minimum atomic E-state index is -1.03. The van der Waals surface area contributed by atoms with Crippen LogP contribution in [0.2, 0.25) is 0 Å². The molecule has 1 aromatic rings. The second-order valence-corrected chi connectivity index (χ2v) is 4.54. The first-order valence-corrected chi connectivity index (χ1v) is 5.37. The van der Waals surface area contributed by atoms with E-state index in [9.17, 15) is 9.59 Å². The minimum absolute atomic E-state index is 0.506. The molecule has 4 nitrogen and oxygen atoms in total. The lowest BCUT2D eigenvalue weighted by atomic mass is 10.2. The van der Waals surface area contributed by atoms with E-state index in [4.69, 9.17) is 5.11 Å². The van der Waals surface area contributed by atoms with Crippen molar-refractivity contribution in [2.24, 2.45) is 0 Å². The Morgan fingerprint density at radius 3 is 2.79 bits per heavy atom. The fourth-order valence-corrected chi connectivity index (χ4v) is 2.62. The van der Waals surface area contributed by atoms with Crippen LogP contribution < -0.4 is 0 Å². The van der Waals surface area contributed by atoms with E-state index in [2.05, 4.69) is 15.9 Å². The second kappa shape index (κ2) is 4.56. The highest BCUT2D eigenvalue weighted by atomic mass is 79.9. The van der Waals surface area contributed by atoms with E-state index in [-0.39, 0.29) is 0 Å². The maximum atomic E-state index is 10.9. The molecule has 0 aliphatic carbocycles. The van der Waals surface area contributed by atoms with E-state index >= 15 is 0 Å². The van der Waals surface area contributed by atoms with Gasteiger partial charge in [-0.25, -0.2) is 4.79 Å². The number of hydrogen-bond donors (Lipinski definition) is 1. The van der Waals surface area contributed by atoms with Gasteiger partial charge in [0.2, 0.25) is 6.41 Å². The van der Waals surface area contributed by atoms with Crippen molar-refractivity contribution >= 4 is 39.6 Å². The van der Waals surface area contributed by atoms with Gasteiger partial charge in [-0.2, -0.15) is 0 Å². The number of nitrogens with zero attached hydrogens (tertiary/aromatic N) is 1. The molecule has 0 fully saturated rings. The number of likely N-dealkylation sites (N-methyl/N-ethyl adjacent to an activating group) is 1. The molecule has 0 bridgehead atoms. The van der Waals surface area contributed by atoms with E-state index in [1.807, 2.05) is 0 Å². The quantitative estimate of drug-likeness (QED) is 0.853. The number of carboxylic acids is 1. The molecular weight excluding hydrogens is 270 g/mol. The number of halogens is 1. The van der Waals surface area contributed by atoms with E-state index < -0.39 is 12.0 Å². The molecule has 14 heavy (non-hydrogen) atoms. The summed E-state index contributed by atoms with van der Waals surface area (Å²) in [5.74, 6) is -1.03. The molecule has 0 aliphatic heterocycles. The van der Waals surface area contributed by atoms with Gasteiger partial charge in [0.15, 0.2) is 6.04 Å². The van der Waals surface area contributed by atoms with Gasteiger partial charge in [-0.05, 0) is 22.0 Å². The van der Waals surface area contributed by atoms with Crippen LogP contribution in [0.1, 0.15) is 10.9 Å². The van der Waals surface area contributed by atoms with E-state index in [1.54, 1.807) is 11.4 Å². The number of carboxylic acid groups (broad SMARTS) is 1. The highest BCUT2D eigenvalue weighted by molar-refractivity contribution is 9.10. The van der Waals surface area contributed by atoms with Crippen LogP contribution in [-0.4, -0.2) is 29.4 Å². The number of aliphatic carboxylic acids is 1. The van der Waals surface area contributed by atoms with Crippen LogP contribution >= 0.6 is 27.3 Å². The van der Waals surface area contributed by atoms with Crippen LogP contribution in [0.3, 0.4) is 0 Å². The van der Waals surface area contributed by atoms with Crippen molar-refractivity contribution in [3.05, 3.63) is 20.8 Å². The first-order valence-electron chi connectivity index (χ1n) is 3.70. The molecule has 0 aromatic carbocycles. The number of hydrogen-bond acceptors (Lipinski definition) is 3. The van der Waals surface area contributed by atoms with Gasteiger partial charge in [-0.1, -0.05) is 0 Å². The van der Waals surface area contributed by atoms with Crippen molar-refractivity contribution in [1.29, 1.82) is 0 Å². The van der Waals surface area contributed by atoms with Crippen LogP contribution in [0.15, 0.2) is 15.9 Å². The molecule has 0 aliphatic rings. The average molecular weight is 278 g/mol. The molecule has 76 valence electrons. The Balaban J connectivity index is 2.99. The molecule has 6 heteroatoms. The molecule has 1 unspecified atom stereocenters. The summed E-state index contributed by atoms with van der Waals surface area (Å²) in [4.78, 5) is 23.1. The van der Waals surface area contributed by atoms with Gasteiger partial charge < -0.3 is 10.0 Å². The molecule has 1 amide bonds. The van der Waals surface area contributed by atoms with Gasteiger partial charge in [0.05, 0.1) is 0 Å². The van der Waals surface area contributed by atoms with Gasteiger partial charge in [-0.3, -0.25) is 4.79 Å². The third-order valence-corrected chi connectivity index (χ3v) is 3.41. The lowest BCUT2D eigenvalue weighted by Crippen LogP contribution is -2.28. The van der Waals surface area contributed by atoms with Crippen molar-refractivity contribution < 1.29 is 14.7 Å². The highest BCUT2D eigenvalue weighted by Crippen LogP contribution is 2.28. The van der Waals surface area contributed by atoms with Gasteiger partial charge in [-0.15, -0.1) is 11.3 Å². The zero-order chi connectivity index (χ0) is 10.7. The maximum Gasteiger partial charge on any atom is 0.331 e. The number of amides is 1. The third kappa shape index (κ3) is 2.33. The number of carbonyl (C=O) groups excluding carboxylic acids is 1. The Morgan fingerprint density at radius 1 is 1.79 bits per heavy atom. The fraction of sp³-hybridized carbons (Fsp3) is 0.250. The Hall–Kier alpha value is -0.880. The van der Waals surface area contributed by atoms with Gasteiger partial charge >= 0.3 is 5.97 Å². The first-order chi connectivity index (χ1) is 6.56. The van der Waals surface area contributed by atoms with Crippen molar-refractivity contribution in [1.82, 2.24) is 4.90 Å². The minimum Gasteiger partial charge on any atom is -0.479 e. The Labute approximate surface area is 93.3 Å². The standard InChI is InChI=1S/C8H8BrNO3S/c1-10(4-11)7(8(12)13)6-2-5(9)3-14-6/h2-4,7H,1H3,(H,12,13). The molecule has 1 N–H and O–H groups in total. The summed E-state index contributed by atoms with van der Waals surface area (Å²) in [5, 5.41) is 10.7. The first kappa shape index (κ1) is 11.2. The smallest absolute Gasteiger partial charge is 0.331 e.